The Morgan fingerprint density at radius 2 is 1.39 bits per heavy atom. The van der Waals surface area contributed by atoms with Crippen molar-refractivity contribution in [2.45, 2.75) is 121 Å². The van der Waals surface area contributed by atoms with Crippen molar-refractivity contribution < 1.29 is 19.7 Å². The van der Waals surface area contributed by atoms with E-state index in [2.05, 4.69) is 101 Å². The average molecular weight is 615 g/mol. The number of fused-ring (bicyclic) bond motifs is 5. The highest BCUT2D eigenvalue weighted by Crippen LogP contribution is 2.68. The van der Waals surface area contributed by atoms with Crippen LogP contribution in [0.4, 0.5) is 0 Å². The number of rotatable bonds is 6. The highest BCUT2D eigenvalue weighted by Gasteiger charge is 2.68. The summed E-state index contributed by atoms with van der Waals surface area (Å²) in [6, 6.07) is 23.5. The third kappa shape index (κ3) is 5.04. The van der Waals surface area contributed by atoms with Crippen LogP contribution in [0.3, 0.4) is 0 Å². The predicted octanol–water partition coefficient (Wildman–Crippen LogP) is 7.03. The van der Waals surface area contributed by atoms with Gasteiger partial charge in [-0.25, -0.2) is 0 Å². The van der Waals surface area contributed by atoms with E-state index in [0.29, 0.717) is 12.3 Å². The van der Waals surface area contributed by atoms with Crippen molar-refractivity contribution in [3.8, 4) is 12.3 Å². The molecule has 0 aliphatic heterocycles. The number of aliphatic hydroxyl groups is 3. The molecule has 0 amide bonds. The monoisotopic (exact) mass is 614 g/mol. The van der Waals surface area contributed by atoms with Gasteiger partial charge in [0.1, 0.15) is 5.60 Å². The quantitative estimate of drug-likeness (QED) is 0.241. The van der Waals surface area contributed by atoms with Crippen molar-refractivity contribution in [2.24, 2.45) is 34.5 Å². The van der Waals surface area contributed by atoms with Crippen LogP contribution in [0.1, 0.15) is 90.7 Å². The van der Waals surface area contributed by atoms with E-state index in [0.717, 1.165) is 50.6 Å². The fourth-order valence-electron chi connectivity index (χ4n) is 10.6. The van der Waals surface area contributed by atoms with E-state index >= 15 is 0 Å². The second-order valence-corrected chi connectivity index (χ2v) is 20.9. The first-order valence-electron chi connectivity index (χ1n) is 17.1. The minimum atomic E-state index is -2.46. The van der Waals surface area contributed by atoms with Gasteiger partial charge in [-0.1, -0.05) is 101 Å². The van der Waals surface area contributed by atoms with Gasteiger partial charge >= 0.3 is 0 Å². The molecule has 3 N–H and O–H groups in total. The van der Waals surface area contributed by atoms with E-state index in [9.17, 15) is 15.3 Å². The molecule has 4 aliphatic carbocycles. The molecule has 2 aromatic rings. The zero-order chi connectivity index (χ0) is 31.5. The maximum absolute atomic E-state index is 11.9. The molecule has 0 bridgehead atoms. The standard InChI is InChI=1S/C39H54O4Si/c1-7-39(42)23-20-31-33-30(19-22-38(31,39)6)37(5)21-18-29(24-32(37)34(40)35(33)41)43-44(36(2,3)4,25-27-14-10-8-11-15-27)26-28-16-12-9-13-17-28/h1,8-17,29-35,40-42H,18-26H2,2-6H3/t29-,30-,31-,32+,33+,34+,35+,37+,38-,39-/m0/s1. The van der Waals surface area contributed by atoms with Crippen LogP contribution in [0.15, 0.2) is 60.7 Å². The molecule has 238 valence electrons. The Balaban J connectivity index is 1.29. The first kappa shape index (κ1) is 32.0. The molecular formula is C39H54O4Si. The minimum absolute atomic E-state index is 0.0145. The summed E-state index contributed by atoms with van der Waals surface area (Å²) in [6.45, 7) is 11.6. The number of benzene rings is 2. The Morgan fingerprint density at radius 3 is 1.93 bits per heavy atom. The zero-order valence-corrected chi connectivity index (χ0v) is 28.5. The van der Waals surface area contributed by atoms with Crippen molar-refractivity contribution in [1.29, 1.82) is 0 Å². The summed E-state index contributed by atoms with van der Waals surface area (Å²) >= 11 is 0. The van der Waals surface area contributed by atoms with Crippen LogP contribution < -0.4 is 0 Å². The summed E-state index contributed by atoms with van der Waals surface area (Å²) in [6.07, 6.45) is 10.3. The van der Waals surface area contributed by atoms with E-state index < -0.39 is 31.5 Å². The molecular weight excluding hydrogens is 561 g/mol. The Hall–Kier alpha value is -1.94. The minimum Gasteiger partial charge on any atom is -0.413 e. The van der Waals surface area contributed by atoms with Gasteiger partial charge in [-0.05, 0) is 102 Å². The van der Waals surface area contributed by atoms with Crippen LogP contribution in [0, 0.1) is 46.8 Å². The summed E-state index contributed by atoms with van der Waals surface area (Å²) in [5.41, 5.74) is 1.03. The smallest absolute Gasteiger partial charge is 0.207 e. The number of hydrogen-bond donors (Lipinski definition) is 3. The average Bonchev–Trinajstić information content (AvgIpc) is 3.27. The van der Waals surface area contributed by atoms with E-state index in [4.69, 9.17) is 10.8 Å². The van der Waals surface area contributed by atoms with Crippen LogP contribution >= 0.6 is 0 Å². The van der Waals surface area contributed by atoms with E-state index in [1.807, 2.05) is 0 Å². The summed E-state index contributed by atoms with van der Waals surface area (Å²) in [5, 5.41) is 35.2. The van der Waals surface area contributed by atoms with Crippen LogP contribution in [0.5, 0.6) is 0 Å². The Kier molecular flexibility index (Phi) is 8.29. The van der Waals surface area contributed by atoms with Crippen molar-refractivity contribution in [1.82, 2.24) is 0 Å². The van der Waals surface area contributed by atoms with Gasteiger partial charge in [0.2, 0.25) is 8.32 Å². The molecule has 0 spiro atoms. The maximum atomic E-state index is 11.9. The lowest BCUT2D eigenvalue weighted by Crippen LogP contribution is -2.65. The number of terminal acetylenes is 1. The van der Waals surface area contributed by atoms with Crippen molar-refractivity contribution in [3.05, 3.63) is 71.8 Å². The van der Waals surface area contributed by atoms with Crippen LogP contribution in [-0.2, 0) is 16.5 Å². The molecule has 4 saturated carbocycles. The molecule has 4 aliphatic rings. The first-order chi connectivity index (χ1) is 20.8. The lowest BCUT2D eigenvalue weighted by molar-refractivity contribution is -0.227. The summed E-state index contributed by atoms with van der Waals surface area (Å²) < 4.78 is 7.58. The van der Waals surface area contributed by atoms with Gasteiger partial charge in [-0.15, -0.1) is 6.42 Å². The molecule has 4 fully saturated rings. The highest BCUT2D eigenvalue weighted by molar-refractivity contribution is 6.75. The Bertz CT molecular complexity index is 1310. The van der Waals surface area contributed by atoms with Gasteiger partial charge in [-0.3, -0.25) is 0 Å². The maximum Gasteiger partial charge on any atom is 0.207 e. The number of aliphatic hydroxyl groups excluding tert-OH is 2. The van der Waals surface area contributed by atoms with Crippen LogP contribution in [-0.4, -0.2) is 47.5 Å². The molecule has 44 heavy (non-hydrogen) atoms. The van der Waals surface area contributed by atoms with Gasteiger partial charge in [0.05, 0.1) is 12.2 Å². The summed E-state index contributed by atoms with van der Waals surface area (Å²) in [5.74, 6) is 3.11. The summed E-state index contributed by atoms with van der Waals surface area (Å²) in [4.78, 5) is 0. The fourth-order valence-corrected chi connectivity index (χ4v) is 15.0. The Labute approximate surface area is 266 Å². The van der Waals surface area contributed by atoms with Gasteiger partial charge in [0.25, 0.3) is 0 Å². The fraction of sp³-hybridized carbons (Fsp3) is 0.641. The molecule has 6 rings (SSSR count). The van der Waals surface area contributed by atoms with Gasteiger partial charge in [0, 0.05) is 11.5 Å². The van der Waals surface area contributed by atoms with Gasteiger partial charge in [0.15, 0.2) is 0 Å². The normalized spacial score (nSPS) is 40.4. The van der Waals surface area contributed by atoms with Crippen LogP contribution in [0.25, 0.3) is 0 Å². The summed E-state index contributed by atoms with van der Waals surface area (Å²) in [7, 11) is -2.46. The SMILES string of the molecule is C#C[C@]1(O)CC[C@H]2[C@@H]3[C@@H](O)[C@H](O)[C@H]4C[C@@H](O[Si](Cc5ccccc5)(Cc5ccccc5)C(C)(C)C)CC[C@]4(C)[C@H]3CC[C@@]21C. The second-order valence-electron chi connectivity index (χ2n) is 16.5. The number of hydrogen-bond acceptors (Lipinski definition) is 4. The van der Waals surface area contributed by atoms with Gasteiger partial charge < -0.3 is 19.7 Å². The molecule has 0 aromatic heterocycles. The van der Waals surface area contributed by atoms with E-state index in [1.54, 1.807) is 0 Å². The van der Waals surface area contributed by atoms with E-state index in [1.165, 1.54) is 11.1 Å². The molecule has 0 saturated heterocycles. The van der Waals surface area contributed by atoms with Crippen molar-refractivity contribution in [2.75, 3.05) is 0 Å². The van der Waals surface area contributed by atoms with Gasteiger partial charge in [-0.2, -0.15) is 0 Å². The molecule has 0 radical (unpaired) electrons. The molecule has 2 aromatic carbocycles. The highest BCUT2D eigenvalue weighted by atomic mass is 28.4. The Morgan fingerprint density at radius 1 is 0.818 bits per heavy atom. The third-order valence-electron chi connectivity index (χ3n) is 13.5. The molecule has 5 heteroatoms. The molecule has 0 unspecified atom stereocenters. The lowest BCUT2D eigenvalue weighted by Gasteiger charge is -2.64. The lowest BCUT2D eigenvalue weighted by atomic mass is 9.43. The second kappa shape index (κ2) is 11.4. The van der Waals surface area contributed by atoms with E-state index in [-0.39, 0.29) is 34.3 Å². The van der Waals surface area contributed by atoms with Crippen molar-refractivity contribution >= 4 is 8.32 Å². The molecule has 10 atom stereocenters. The van der Waals surface area contributed by atoms with Crippen molar-refractivity contribution in [3.63, 3.8) is 0 Å². The predicted molar refractivity (Wildman–Crippen MR) is 179 cm³/mol. The third-order valence-corrected chi connectivity index (χ3v) is 19.0. The molecule has 4 nitrogen and oxygen atoms in total. The largest absolute Gasteiger partial charge is 0.413 e. The molecule has 0 heterocycles. The zero-order valence-electron chi connectivity index (χ0n) is 27.5. The topological polar surface area (TPSA) is 69.9 Å². The first-order valence-corrected chi connectivity index (χ1v) is 19.4. The van der Waals surface area contributed by atoms with Crippen LogP contribution in [0.2, 0.25) is 5.04 Å².